The van der Waals surface area contributed by atoms with Gasteiger partial charge in [0.15, 0.2) is 6.29 Å². The zero-order valence-electron chi connectivity index (χ0n) is 12.0. The fraction of sp³-hybridized carbons (Fsp3) is 0.118. The maximum Gasteiger partial charge on any atom is 0.426 e. The van der Waals surface area contributed by atoms with E-state index in [1.54, 1.807) is 0 Å². The standard InChI is InChI=1S/C17H10ClF3O3/c18-11-7-5-10(6-8-11)15-13(9-22)16(23,17(19,20)21)12-3-1-2-4-14(12)24-15/h1-9,23H/t16-/m1/s1. The smallest absolute Gasteiger partial charge is 0.426 e. The van der Waals surface area contributed by atoms with E-state index in [-0.39, 0.29) is 23.4 Å². The molecular weight excluding hydrogens is 345 g/mol. The lowest BCUT2D eigenvalue weighted by atomic mass is 9.82. The molecule has 124 valence electrons. The molecule has 0 aliphatic carbocycles. The van der Waals surface area contributed by atoms with Gasteiger partial charge < -0.3 is 9.84 Å². The van der Waals surface area contributed by atoms with Gasteiger partial charge in [-0.2, -0.15) is 13.2 Å². The minimum Gasteiger partial charge on any atom is -0.456 e. The third-order valence-corrected chi connectivity index (χ3v) is 4.01. The fourth-order valence-electron chi connectivity index (χ4n) is 2.59. The van der Waals surface area contributed by atoms with Crippen LogP contribution in [0.15, 0.2) is 54.1 Å². The molecule has 0 fully saturated rings. The van der Waals surface area contributed by atoms with Gasteiger partial charge in [0.05, 0.1) is 5.57 Å². The molecule has 0 aromatic heterocycles. The molecule has 3 nitrogen and oxygen atoms in total. The first-order valence-electron chi connectivity index (χ1n) is 6.81. The van der Waals surface area contributed by atoms with Crippen LogP contribution < -0.4 is 4.74 Å². The molecule has 1 N–H and O–H groups in total. The van der Waals surface area contributed by atoms with E-state index in [1.807, 2.05) is 0 Å². The van der Waals surface area contributed by atoms with E-state index < -0.39 is 22.9 Å². The summed E-state index contributed by atoms with van der Waals surface area (Å²) in [4.78, 5) is 11.5. The predicted octanol–water partition coefficient (Wildman–Crippen LogP) is 4.09. The van der Waals surface area contributed by atoms with Crippen molar-refractivity contribution >= 4 is 23.6 Å². The van der Waals surface area contributed by atoms with Crippen LogP contribution in [-0.2, 0) is 10.4 Å². The van der Waals surface area contributed by atoms with E-state index in [9.17, 15) is 23.1 Å². The Balaban J connectivity index is 2.32. The lowest BCUT2D eigenvalue weighted by molar-refractivity contribution is -0.250. The molecule has 1 aliphatic rings. The monoisotopic (exact) mass is 354 g/mol. The zero-order valence-corrected chi connectivity index (χ0v) is 12.7. The first-order chi connectivity index (χ1) is 11.3. The minimum absolute atomic E-state index is 0.0344. The van der Waals surface area contributed by atoms with Gasteiger partial charge in [-0.3, -0.25) is 4.79 Å². The molecule has 0 spiro atoms. The van der Waals surface area contributed by atoms with Crippen molar-refractivity contribution in [3.05, 3.63) is 70.3 Å². The van der Waals surface area contributed by atoms with Crippen LogP contribution in [0.1, 0.15) is 11.1 Å². The Morgan fingerprint density at radius 3 is 2.29 bits per heavy atom. The number of carbonyl (C=O) groups excluding carboxylic acids is 1. The van der Waals surface area contributed by atoms with E-state index >= 15 is 0 Å². The van der Waals surface area contributed by atoms with Crippen LogP contribution in [0, 0.1) is 0 Å². The summed E-state index contributed by atoms with van der Waals surface area (Å²) >= 11 is 5.77. The van der Waals surface area contributed by atoms with Crippen LogP contribution in [0.25, 0.3) is 5.76 Å². The number of hydrogen-bond donors (Lipinski definition) is 1. The van der Waals surface area contributed by atoms with Gasteiger partial charge >= 0.3 is 6.18 Å². The molecular formula is C17H10ClF3O3. The maximum atomic E-state index is 13.7. The van der Waals surface area contributed by atoms with Gasteiger partial charge in [-0.15, -0.1) is 0 Å². The van der Waals surface area contributed by atoms with Crippen LogP contribution in [0.4, 0.5) is 13.2 Å². The molecule has 2 aromatic rings. The lowest BCUT2D eigenvalue weighted by Crippen LogP contribution is -2.47. The summed E-state index contributed by atoms with van der Waals surface area (Å²) in [5, 5.41) is 10.9. The number of halogens is 4. The van der Waals surface area contributed by atoms with Gasteiger partial charge in [0.2, 0.25) is 5.60 Å². The molecule has 2 aromatic carbocycles. The molecule has 0 unspecified atom stereocenters. The molecule has 3 rings (SSSR count). The van der Waals surface area contributed by atoms with Crippen molar-refractivity contribution in [3.8, 4) is 5.75 Å². The van der Waals surface area contributed by atoms with E-state index in [0.29, 0.717) is 5.02 Å². The molecule has 0 bridgehead atoms. The highest BCUT2D eigenvalue weighted by Crippen LogP contribution is 2.52. The summed E-state index contributed by atoms with van der Waals surface area (Å²) in [5.41, 5.74) is -4.70. The Bertz CT molecular complexity index is 828. The highest BCUT2D eigenvalue weighted by Gasteiger charge is 2.61. The average Bonchev–Trinajstić information content (AvgIpc) is 2.54. The van der Waals surface area contributed by atoms with Crippen LogP contribution in [0.5, 0.6) is 5.75 Å². The van der Waals surface area contributed by atoms with Gasteiger partial charge in [-0.25, -0.2) is 0 Å². The first kappa shape index (κ1) is 16.5. The Labute approximate surface area is 139 Å². The maximum absolute atomic E-state index is 13.7. The van der Waals surface area contributed by atoms with Gasteiger partial charge in [-0.05, 0) is 30.3 Å². The van der Waals surface area contributed by atoms with Crippen LogP contribution in [-0.4, -0.2) is 17.6 Å². The largest absolute Gasteiger partial charge is 0.456 e. The van der Waals surface area contributed by atoms with Crippen molar-refractivity contribution in [1.82, 2.24) is 0 Å². The molecule has 24 heavy (non-hydrogen) atoms. The first-order valence-corrected chi connectivity index (χ1v) is 7.19. The summed E-state index contributed by atoms with van der Waals surface area (Å²) in [6.07, 6.45) is -5.14. The molecule has 7 heteroatoms. The lowest BCUT2D eigenvalue weighted by Gasteiger charge is -2.37. The summed E-state index contributed by atoms with van der Waals surface area (Å²) in [6, 6.07) is 10.9. The van der Waals surface area contributed by atoms with Crippen molar-refractivity contribution in [2.24, 2.45) is 0 Å². The quantitative estimate of drug-likeness (QED) is 0.826. The number of para-hydroxylation sites is 1. The SMILES string of the molecule is O=CC1=C(c2ccc(Cl)cc2)Oc2ccccc2[C@]1(O)C(F)(F)F. The van der Waals surface area contributed by atoms with Crippen molar-refractivity contribution in [2.45, 2.75) is 11.8 Å². The Morgan fingerprint density at radius 2 is 1.71 bits per heavy atom. The van der Waals surface area contributed by atoms with Gasteiger partial charge in [0.25, 0.3) is 0 Å². The molecule has 1 aliphatic heterocycles. The average molecular weight is 355 g/mol. The van der Waals surface area contributed by atoms with E-state index in [4.69, 9.17) is 16.3 Å². The number of ether oxygens (including phenoxy) is 1. The van der Waals surface area contributed by atoms with Crippen molar-refractivity contribution in [3.63, 3.8) is 0 Å². The normalized spacial score (nSPS) is 20.4. The van der Waals surface area contributed by atoms with Gasteiger partial charge in [0, 0.05) is 16.1 Å². The molecule has 1 atom stereocenters. The second-order valence-corrected chi connectivity index (χ2v) is 5.61. The highest BCUT2D eigenvalue weighted by molar-refractivity contribution is 6.30. The number of hydrogen-bond acceptors (Lipinski definition) is 3. The topological polar surface area (TPSA) is 46.5 Å². The number of alkyl halides is 3. The van der Waals surface area contributed by atoms with E-state index in [0.717, 1.165) is 6.07 Å². The second-order valence-electron chi connectivity index (χ2n) is 5.17. The van der Waals surface area contributed by atoms with Gasteiger partial charge in [0.1, 0.15) is 11.5 Å². The van der Waals surface area contributed by atoms with Crippen LogP contribution >= 0.6 is 11.6 Å². The fourth-order valence-corrected chi connectivity index (χ4v) is 2.71. The van der Waals surface area contributed by atoms with Crippen LogP contribution in [0.2, 0.25) is 5.02 Å². The molecule has 1 heterocycles. The van der Waals surface area contributed by atoms with E-state index in [1.165, 1.54) is 42.5 Å². The molecule has 0 saturated heterocycles. The minimum atomic E-state index is -5.11. The number of aldehydes is 1. The molecule has 0 amide bonds. The number of aliphatic hydroxyl groups is 1. The summed E-state index contributed by atoms with van der Waals surface area (Å²) < 4.78 is 46.5. The van der Waals surface area contributed by atoms with Crippen molar-refractivity contribution in [2.75, 3.05) is 0 Å². The summed E-state index contributed by atoms with van der Waals surface area (Å²) in [7, 11) is 0. The van der Waals surface area contributed by atoms with Gasteiger partial charge in [-0.1, -0.05) is 29.8 Å². The Morgan fingerprint density at radius 1 is 1.08 bits per heavy atom. The van der Waals surface area contributed by atoms with E-state index in [2.05, 4.69) is 0 Å². The summed E-state index contributed by atoms with van der Waals surface area (Å²) in [5.74, 6) is -0.534. The Kier molecular flexibility index (Phi) is 3.89. The molecule has 0 saturated carbocycles. The highest BCUT2D eigenvalue weighted by atomic mass is 35.5. The summed E-state index contributed by atoms with van der Waals surface area (Å²) in [6.45, 7) is 0. The van der Waals surface area contributed by atoms with Crippen LogP contribution in [0.3, 0.4) is 0 Å². The molecule has 0 radical (unpaired) electrons. The predicted molar refractivity (Wildman–Crippen MR) is 81.5 cm³/mol. The number of rotatable bonds is 2. The number of fused-ring (bicyclic) bond motifs is 1. The zero-order chi connectivity index (χ0) is 17.5. The third-order valence-electron chi connectivity index (χ3n) is 3.76. The third kappa shape index (κ3) is 2.39. The number of carbonyl (C=O) groups is 1. The van der Waals surface area contributed by atoms with Crippen molar-refractivity contribution in [1.29, 1.82) is 0 Å². The van der Waals surface area contributed by atoms with Crippen molar-refractivity contribution < 1.29 is 27.8 Å². The number of benzene rings is 2. The second kappa shape index (κ2) is 5.65. The Hall–Kier alpha value is -2.31.